The van der Waals surface area contributed by atoms with Gasteiger partial charge in [0.05, 0.1) is 27.1 Å². The van der Waals surface area contributed by atoms with Crippen LogP contribution in [0.25, 0.3) is 28.0 Å². The van der Waals surface area contributed by atoms with Crippen molar-refractivity contribution in [2.24, 2.45) is 11.7 Å². The number of halogens is 2. The van der Waals surface area contributed by atoms with Crippen molar-refractivity contribution < 1.29 is 12.8 Å². The van der Waals surface area contributed by atoms with E-state index in [1.165, 1.54) is 29.7 Å². The molecular weight excluding hydrogens is 653 g/mol. The lowest BCUT2D eigenvalue weighted by Crippen LogP contribution is -2.39. The minimum absolute atomic E-state index is 0.0190. The second-order valence-electron chi connectivity index (χ2n) is 13.4. The summed E-state index contributed by atoms with van der Waals surface area (Å²) >= 11 is 6.31. The number of benzene rings is 2. The summed E-state index contributed by atoms with van der Waals surface area (Å²) in [6.45, 7) is 2.37. The number of nitrogens with zero attached hydrogens (tertiary/aromatic N) is 2. The van der Waals surface area contributed by atoms with Crippen LogP contribution in [0, 0.1) is 17.1 Å². The summed E-state index contributed by atoms with van der Waals surface area (Å²) in [5.74, 6) is 0.473. The first-order valence-electron chi connectivity index (χ1n) is 16.6. The number of sulfone groups is 1. The van der Waals surface area contributed by atoms with E-state index in [1.807, 2.05) is 0 Å². The molecule has 4 aromatic rings. The SMILES string of the molecule is CC(=N)NCC[C@@H]1CCC[C@@H](c2ccc(-n3cc4cc(-c5cc(CCC[C@@H](N)C6CC6)cc(Cl)c5F)[nH]c4nc3=O)cc2S(C)(=O)=O)N1. The van der Waals surface area contributed by atoms with Crippen LogP contribution in [0.2, 0.25) is 5.02 Å². The fourth-order valence-corrected chi connectivity index (χ4v) is 8.04. The van der Waals surface area contributed by atoms with Crippen molar-refractivity contribution in [3.8, 4) is 16.9 Å². The van der Waals surface area contributed by atoms with Crippen LogP contribution in [0.4, 0.5) is 4.39 Å². The van der Waals surface area contributed by atoms with Gasteiger partial charge in [0.2, 0.25) is 0 Å². The van der Waals surface area contributed by atoms with Crippen LogP contribution in [0.3, 0.4) is 0 Å². The average Bonchev–Trinajstić information content (AvgIpc) is 3.81. The van der Waals surface area contributed by atoms with Gasteiger partial charge in [0.15, 0.2) is 15.7 Å². The molecule has 0 unspecified atom stereocenters. The number of amidine groups is 1. The molecule has 0 radical (unpaired) electrons. The number of aromatic nitrogens is 3. The van der Waals surface area contributed by atoms with Crippen LogP contribution in [0.1, 0.15) is 75.5 Å². The molecule has 2 aromatic heterocycles. The molecule has 48 heavy (non-hydrogen) atoms. The molecule has 256 valence electrons. The number of piperidine rings is 1. The monoisotopic (exact) mass is 695 g/mol. The zero-order valence-corrected chi connectivity index (χ0v) is 28.9. The number of nitrogens with two attached hydrogens (primary N) is 1. The molecule has 2 aromatic carbocycles. The van der Waals surface area contributed by atoms with Crippen LogP contribution in [0.15, 0.2) is 52.3 Å². The molecule has 6 rings (SSSR count). The van der Waals surface area contributed by atoms with E-state index in [0.717, 1.165) is 44.1 Å². The van der Waals surface area contributed by atoms with E-state index in [-0.39, 0.29) is 39.3 Å². The van der Waals surface area contributed by atoms with Crippen molar-refractivity contribution in [3.63, 3.8) is 0 Å². The number of aryl methyl sites for hydroxylation is 1. The fourth-order valence-electron chi connectivity index (χ4n) is 6.82. The Morgan fingerprint density at radius 3 is 2.73 bits per heavy atom. The van der Waals surface area contributed by atoms with Crippen LogP contribution in [-0.4, -0.2) is 53.7 Å². The normalized spacial score (nSPS) is 19.0. The first kappa shape index (κ1) is 34.3. The lowest BCUT2D eigenvalue weighted by molar-refractivity contribution is 0.310. The number of H-pyrrole nitrogens is 1. The molecular formula is C35H43ClFN7O3S. The van der Waals surface area contributed by atoms with Crippen LogP contribution in [0.5, 0.6) is 0 Å². The van der Waals surface area contributed by atoms with E-state index in [1.54, 1.807) is 43.5 Å². The van der Waals surface area contributed by atoms with Crippen LogP contribution in [-0.2, 0) is 16.3 Å². The van der Waals surface area contributed by atoms with Gasteiger partial charge < -0.3 is 21.4 Å². The second kappa shape index (κ2) is 14.1. The maximum absolute atomic E-state index is 15.3. The predicted molar refractivity (Wildman–Crippen MR) is 188 cm³/mol. The number of fused-ring (bicyclic) bond motifs is 1. The topological polar surface area (TPSA) is 159 Å². The summed E-state index contributed by atoms with van der Waals surface area (Å²) in [5.41, 5.74) is 8.58. The van der Waals surface area contributed by atoms with Crippen molar-refractivity contribution in [1.29, 1.82) is 5.41 Å². The minimum atomic E-state index is -3.66. The Labute approximate surface area is 285 Å². The van der Waals surface area contributed by atoms with Crippen molar-refractivity contribution in [2.45, 2.75) is 87.7 Å². The van der Waals surface area contributed by atoms with Gasteiger partial charge in [-0.25, -0.2) is 17.6 Å². The van der Waals surface area contributed by atoms with Gasteiger partial charge in [-0.1, -0.05) is 24.1 Å². The second-order valence-corrected chi connectivity index (χ2v) is 15.8. The quantitative estimate of drug-likeness (QED) is 0.0926. The van der Waals surface area contributed by atoms with Crippen molar-refractivity contribution in [3.05, 3.63) is 75.0 Å². The lowest BCUT2D eigenvalue weighted by Gasteiger charge is -2.32. The lowest BCUT2D eigenvalue weighted by atomic mass is 9.92. The number of nitrogens with one attached hydrogen (secondary N) is 4. The minimum Gasteiger partial charge on any atom is -0.374 e. The van der Waals surface area contributed by atoms with Gasteiger partial charge in [0, 0.05) is 48.1 Å². The summed E-state index contributed by atoms with van der Waals surface area (Å²) in [7, 11) is -3.66. The van der Waals surface area contributed by atoms with Gasteiger partial charge >= 0.3 is 5.69 Å². The Hall–Kier alpha value is -3.58. The highest BCUT2D eigenvalue weighted by Gasteiger charge is 2.29. The maximum atomic E-state index is 15.3. The molecule has 1 aliphatic heterocycles. The van der Waals surface area contributed by atoms with Gasteiger partial charge in [-0.05, 0) is 106 Å². The van der Waals surface area contributed by atoms with Crippen molar-refractivity contribution >= 4 is 38.3 Å². The summed E-state index contributed by atoms with van der Waals surface area (Å²) in [5, 5.41) is 14.8. The van der Waals surface area contributed by atoms with Gasteiger partial charge in [-0.15, -0.1) is 0 Å². The Morgan fingerprint density at radius 2 is 2.00 bits per heavy atom. The summed E-state index contributed by atoms with van der Waals surface area (Å²) in [6.07, 6.45) is 11.2. The number of aromatic amines is 1. The largest absolute Gasteiger partial charge is 0.374 e. The Kier molecular flexibility index (Phi) is 10.1. The Balaban J connectivity index is 1.27. The predicted octanol–water partition coefficient (Wildman–Crippen LogP) is 5.80. The molecule has 0 spiro atoms. The van der Waals surface area contributed by atoms with Gasteiger partial charge in [-0.2, -0.15) is 4.98 Å². The van der Waals surface area contributed by atoms with E-state index in [2.05, 4.69) is 20.6 Å². The molecule has 2 fully saturated rings. The Bertz CT molecular complexity index is 2010. The van der Waals surface area contributed by atoms with E-state index < -0.39 is 21.3 Å². The smallest absolute Gasteiger partial charge is 0.354 e. The van der Waals surface area contributed by atoms with Crippen LogP contribution >= 0.6 is 11.6 Å². The zero-order valence-electron chi connectivity index (χ0n) is 27.3. The average molecular weight is 696 g/mol. The van der Waals surface area contributed by atoms with Crippen molar-refractivity contribution in [1.82, 2.24) is 25.2 Å². The standard InChI is InChI=1S/C35H43ClFN7O3S/c1-20(38)40-14-13-24-6-4-8-30(41-24)26-12-11-25(18-32(26)48(2,46)47)44-19-23-17-31(42-34(23)43-35(44)45)27-15-21(16-28(36)33(27)37)5-3-7-29(39)22-9-10-22/h11-12,15-19,22,24,29-30,41H,3-10,13-14,39H2,1-2H3,(H2,38,40)(H,42,43,45)/t24-,29+,30-/m0/s1. The van der Waals surface area contributed by atoms with Crippen LogP contribution < -0.4 is 22.1 Å². The molecule has 3 atom stereocenters. The number of hydrogen-bond donors (Lipinski definition) is 5. The molecule has 0 bridgehead atoms. The molecule has 10 nitrogen and oxygen atoms in total. The summed E-state index contributed by atoms with van der Waals surface area (Å²) in [4.78, 5) is 20.7. The molecule has 1 aliphatic carbocycles. The zero-order chi connectivity index (χ0) is 34.2. The molecule has 6 N–H and O–H groups in total. The molecule has 1 saturated heterocycles. The van der Waals surface area contributed by atoms with E-state index in [4.69, 9.17) is 22.7 Å². The Morgan fingerprint density at radius 1 is 1.21 bits per heavy atom. The van der Waals surface area contributed by atoms with Crippen molar-refractivity contribution in [2.75, 3.05) is 12.8 Å². The van der Waals surface area contributed by atoms with E-state index in [9.17, 15) is 13.2 Å². The number of rotatable bonds is 12. The first-order valence-corrected chi connectivity index (χ1v) is 18.9. The van der Waals surface area contributed by atoms with Gasteiger partial charge in [0.25, 0.3) is 0 Å². The highest BCUT2D eigenvalue weighted by atomic mass is 35.5. The highest BCUT2D eigenvalue weighted by Crippen LogP contribution is 2.35. The molecule has 13 heteroatoms. The van der Waals surface area contributed by atoms with E-state index >= 15 is 4.39 Å². The van der Waals surface area contributed by atoms with Gasteiger partial charge in [0.1, 0.15) is 5.65 Å². The third-order valence-electron chi connectivity index (χ3n) is 9.53. The van der Waals surface area contributed by atoms with E-state index in [0.29, 0.717) is 47.1 Å². The third-order valence-corrected chi connectivity index (χ3v) is 11.0. The summed E-state index contributed by atoms with van der Waals surface area (Å²) < 4.78 is 42.7. The first-order chi connectivity index (χ1) is 22.9. The summed E-state index contributed by atoms with van der Waals surface area (Å²) in [6, 6.07) is 10.4. The molecule has 1 saturated carbocycles. The van der Waals surface area contributed by atoms with Gasteiger partial charge in [-0.3, -0.25) is 9.98 Å². The number of hydrogen-bond acceptors (Lipinski definition) is 7. The maximum Gasteiger partial charge on any atom is 0.354 e. The molecule has 3 heterocycles. The highest BCUT2D eigenvalue weighted by molar-refractivity contribution is 7.90. The molecule has 2 aliphatic rings. The third kappa shape index (κ3) is 7.83. The fraction of sp³-hybridized carbons (Fsp3) is 0.457. The molecule has 0 amide bonds.